The number of nitrogens with one attached hydrogen (secondary N) is 1. The second-order valence-electron chi connectivity index (χ2n) is 8.11. The Balaban J connectivity index is 1.68. The van der Waals surface area contributed by atoms with Gasteiger partial charge in [0.15, 0.2) is 0 Å². The SMILES string of the molecule is CCOc1ccc(N2C(=O)C(Cc3ccc(Cl)cc3Cl)S/C2=C(/C#N)C(=O)NCc2ccccc2)cc1. The van der Waals surface area contributed by atoms with Gasteiger partial charge in [0, 0.05) is 22.3 Å². The monoisotopic (exact) mass is 551 g/mol. The second kappa shape index (κ2) is 12.2. The Bertz CT molecular complexity index is 1370. The Morgan fingerprint density at radius 3 is 2.49 bits per heavy atom. The van der Waals surface area contributed by atoms with E-state index in [1.165, 1.54) is 16.7 Å². The molecule has 4 rings (SSSR count). The number of anilines is 1. The minimum Gasteiger partial charge on any atom is -0.494 e. The molecule has 1 saturated heterocycles. The van der Waals surface area contributed by atoms with Crippen LogP contribution in [0.5, 0.6) is 5.75 Å². The lowest BCUT2D eigenvalue weighted by Gasteiger charge is -2.19. The molecular formula is C28H23Cl2N3O3S. The van der Waals surface area contributed by atoms with Crippen LogP contribution in [-0.4, -0.2) is 23.7 Å². The van der Waals surface area contributed by atoms with Gasteiger partial charge >= 0.3 is 0 Å². The van der Waals surface area contributed by atoms with Crippen LogP contribution in [0.2, 0.25) is 10.0 Å². The van der Waals surface area contributed by atoms with Gasteiger partial charge < -0.3 is 10.1 Å². The van der Waals surface area contributed by atoms with Crippen LogP contribution in [-0.2, 0) is 22.6 Å². The third-order valence-electron chi connectivity index (χ3n) is 5.63. The highest BCUT2D eigenvalue weighted by Gasteiger charge is 2.41. The van der Waals surface area contributed by atoms with Crippen molar-refractivity contribution in [3.8, 4) is 11.8 Å². The van der Waals surface area contributed by atoms with Gasteiger partial charge in [-0.1, -0.05) is 71.4 Å². The molecule has 3 aromatic rings. The number of nitrogens with zero attached hydrogens (tertiary/aromatic N) is 2. The van der Waals surface area contributed by atoms with Crippen molar-refractivity contribution >= 4 is 52.5 Å². The first-order valence-electron chi connectivity index (χ1n) is 11.5. The highest BCUT2D eigenvalue weighted by Crippen LogP contribution is 2.43. The highest BCUT2D eigenvalue weighted by atomic mass is 35.5. The molecule has 9 heteroatoms. The molecule has 0 radical (unpaired) electrons. The summed E-state index contributed by atoms with van der Waals surface area (Å²) in [7, 11) is 0. The van der Waals surface area contributed by atoms with Gasteiger partial charge in [0.05, 0.1) is 11.9 Å². The molecule has 0 saturated carbocycles. The molecule has 1 fully saturated rings. The quantitative estimate of drug-likeness (QED) is 0.268. The second-order valence-corrected chi connectivity index (χ2v) is 10.1. The predicted molar refractivity (Wildman–Crippen MR) is 148 cm³/mol. The predicted octanol–water partition coefficient (Wildman–Crippen LogP) is 6.13. The molecular weight excluding hydrogens is 529 g/mol. The number of amides is 2. The molecule has 6 nitrogen and oxygen atoms in total. The van der Waals surface area contributed by atoms with E-state index < -0.39 is 11.2 Å². The minimum absolute atomic E-state index is 0.132. The number of carbonyl (C=O) groups is 2. The summed E-state index contributed by atoms with van der Waals surface area (Å²) in [6, 6.07) is 23.5. The molecule has 0 aromatic heterocycles. The van der Waals surface area contributed by atoms with Crippen molar-refractivity contribution in [2.75, 3.05) is 11.5 Å². The van der Waals surface area contributed by atoms with Gasteiger partial charge in [0.1, 0.15) is 22.4 Å². The van der Waals surface area contributed by atoms with Gasteiger partial charge in [0.2, 0.25) is 5.91 Å². The van der Waals surface area contributed by atoms with Crippen molar-refractivity contribution in [2.24, 2.45) is 0 Å². The lowest BCUT2D eigenvalue weighted by atomic mass is 10.1. The number of hydrogen-bond donors (Lipinski definition) is 1. The van der Waals surface area contributed by atoms with Gasteiger partial charge in [-0.3, -0.25) is 14.5 Å². The molecule has 1 aliphatic heterocycles. The molecule has 0 bridgehead atoms. The van der Waals surface area contributed by atoms with Crippen LogP contribution in [0.1, 0.15) is 18.1 Å². The zero-order chi connectivity index (χ0) is 26.4. The number of nitriles is 1. The zero-order valence-corrected chi connectivity index (χ0v) is 22.2. The molecule has 188 valence electrons. The van der Waals surface area contributed by atoms with Crippen LogP contribution in [0.3, 0.4) is 0 Å². The normalized spacial score (nSPS) is 16.3. The summed E-state index contributed by atoms with van der Waals surface area (Å²) in [6.45, 7) is 2.64. The van der Waals surface area contributed by atoms with E-state index >= 15 is 0 Å². The standard InChI is InChI=1S/C28H23Cl2N3O3S/c1-2-36-22-12-10-21(11-13-22)33-27(35)25(14-19-8-9-20(29)15-24(19)30)37-28(33)23(16-31)26(34)32-17-18-6-4-3-5-7-18/h3-13,15,25H,2,14,17H2,1H3,(H,32,34)/b28-23-. The smallest absolute Gasteiger partial charge is 0.264 e. The molecule has 3 aromatic carbocycles. The summed E-state index contributed by atoms with van der Waals surface area (Å²) in [5.41, 5.74) is 2.04. The Morgan fingerprint density at radius 1 is 1.11 bits per heavy atom. The molecule has 1 aliphatic rings. The van der Waals surface area contributed by atoms with Crippen LogP contribution in [0.4, 0.5) is 5.69 Å². The lowest BCUT2D eigenvalue weighted by molar-refractivity contribution is -0.117. The Hall–Kier alpha value is -3.44. The van der Waals surface area contributed by atoms with Gasteiger partial charge in [-0.2, -0.15) is 5.26 Å². The van der Waals surface area contributed by atoms with E-state index in [1.54, 1.807) is 42.5 Å². The third kappa shape index (κ3) is 6.28. The van der Waals surface area contributed by atoms with E-state index in [1.807, 2.05) is 43.3 Å². The molecule has 0 spiro atoms. The maximum absolute atomic E-state index is 13.7. The first-order chi connectivity index (χ1) is 17.9. The highest BCUT2D eigenvalue weighted by molar-refractivity contribution is 8.05. The number of rotatable bonds is 8. The summed E-state index contributed by atoms with van der Waals surface area (Å²) in [5.74, 6) is -0.150. The summed E-state index contributed by atoms with van der Waals surface area (Å²) in [6.07, 6.45) is 0.306. The number of carbonyl (C=O) groups excluding carboxylic acids is 2. The first kappa shape index (κ1) is 26.6. The molecule has 37 heavy (non-hydrogen) atoms. The van der Waals surface area contributed by atoms with Crippen LogP contribution in [0.25, 0.3) is 0 Å². The maximum atomic E-state index is 13.7. The van der Waals surface area contributed by atoms with Gasteiger partial charge in [-0.05, 0) is 60.9 Å². The van der Waals surface area contributed by atoms with E-state index in [-0.39, 0.29) is 23.1 Å². The van der Waals surface area contributed by atoms with E-state index in [0.29, 0.717) is 34.5 Å². The van der Waals surface area contributed by atoms with Crippen LogP contribution in [0.15, 0.2) is 83.4 Å². The fraction of sp³-hybridized carbons (Fsp3) is 0.179. The Morgan fingerprint density at radius 2 is 1.84 bits per heavy atom. The topological polar surface area (TPSA) is 82.4 Å². The Kier molecular flexibility index (Phi) is 8.78. The molecule has 0 aliphatic carbocycles. The largest absolute Gasteiger partial charge is 0.494 e. The van der Waals surface area contributed by atoms with Crippen molar-refractivity contribution in [3.05, 3.63) is 105 Å². The van der Waals surface area contributed by atoms with Crippen molar-refractivity contribution in [3.63, 3.8) is 0 Å². The number of ether oxygens (including phenoxy) is 1. The minimum atomic E-state index is -0.592. The van der Waals surface area contributed by atoms with Crippen molar-refractivity contribution < 1.29 is 14.3 Å². The van der Waals surface area contributed by atoms with Gasteiger partial charge in [-0.15, -0.1) is 0 Å². The van der Waals surface area contributed by atoms with Gasteiger partial charge in [0.25, 0.3) is 5.91 Å². The number of thioether (sulfide) groups is 1. The fourth-order valence-electron chi connectivity index (χ4n) is 3.83. The fourth-order valence-corrected chi connectivity index (χ4v) is 5.61. The number of benzene rings is 3. The van der Waals surface area contributed by atoms with E-state index in [4.69, 9.17) is 27.9 Å². The van der Waals surface area contributed by atoms with Crippen LogP contribution < -0.4 is 15.0 Å². The van der Waals surface area contributed by atoms with E-state index in [2.05, 4.69) is 5.32 Å². The summed E-state index contributed by atoms with van der Waals surface area (Å²) in [4.78, 5) is 28.2. The lowest BCUT2D eigenvalue weighted by Crippen LogP contribution is -2.32. The Labute approximate surface area is 229 Å². The molecule has 1 unspecified atom stereocenters. The summed E-state index contributed by atoms with van der Waals surface area (Å²) < 4.78 is 5.52. The summed E-state index contributed by atoms with van der Waals surface area (Å²) >= 11 is 13.6. The molecule has 1 atom stereocenters. The summed E-state index contributed by atoms with van der Waals surface area (Å²) in [5, 5.41) is 13.4. The van der Waals surface area contributed by atoms with Gasteiger partial charge in [-0.25, -0.2) is 0 Å². The van der Waals surface area contributed by atoms with Crippen molar-refractivity contribution in [1.29, 1.82) is 5.26 Å². The molecule has 2 amide bonds. The maximum Gasteiger partial charge on any atom is 0.264 e. The van der Waals surface area contributed by atoms with E-state index in [0.717, 1.165) is 11.1 Å². The van der Waals surface area contributed by atoms with Crippen molar-refractivity contribution in [1.82, 2.24) is 5.32 Å². The first-order valence-corrected chi connectivity index (χ1v) is 13.2. The van der Waals surface area contributed by atoms with Crippen LogP contribution >= 0.6 is 35.0 Å². The average molecular weight is 552 g/mol. The van der Waals surface area contributed by atoms with Crippen molar-refractivity contribution in [2.45, 2.75) is 25.1 Å². The van der Waals surface area contributed by atoms with E-state index in [9.17, 15) is 14.9 Å². The molecule has 1 heterocycles. The van der Waals surface area contributed by atoms with Crippen LogP contribution in [0, 0.1) is 11.3 Å². The average Bonchev–Trinajstić information content (AvgIpc) is 3.21. The zero-order valence-electron chi connectivity index (χ0n) is 19.9. The third-order valence-corrected chi connectivity index (χ3v) is 7.48. The molecule has 1 N–H and O–H groups in total. The number of hydrogen-bond acceptors (Lipinski definition) is 5. The number of halogens is 2.